The highest BCUT2D eigenvalue weighted by Gasteiger charge is 2.23. The molecule has 0 saturated carbocycles. The van der Waals surface area contributed by atoms with Crippen LogP contribution in [0.2, 0.25) is 0 Å². The average molecular weight is 288 g/mol. The number of hydrogen-bond acceptors (Lipinski definition) is 4. The lowest BCUT2D eigenvalue weighted by molar-refractivity contribution is 0.0700. The van der Waals surface area contributed by atoms with E-state index in [1.165, 1.54) is 11.3 Å². The molecule has 0 atom stereocenters. The number of carbonyl (C=O) groups excluding carboxylic acids is 1. The van der Waals surface area contributed by atoms with Crippen LogP contribution in [0.25, 0.3) is 0 Å². The molecule has 0 aliphatic carbocycles. The van der Waals surface area contributed by atoms with Gasteiger partial charge in [-0.25, -0.2) is 4.98 Å². The van der Waals surface area contributed by atoms with Crippen LogP contribution in [0.15, 0.2) is 18.0 Å². The molecule has 6 heteroatoms. The van der Waals surface area contributed by atoms with Crippen LogP contribution in [0, 0.1) is 5.92 Å². The number of amides is 1. The molecule has 0 unspecified atom stereocenters. The highest BCUT2D eigenvalue weighted by atomic mass is 35.5. The van der Waals surface area contributed by atoms with Gasteiger partial charge in [0.25, 0.3) is 5.91 Å². The maximum Gasteiger partial charge on any atom is 0.273 e. The number of thiazole rings is 1. The number of likely N-dealkylation sites (tertiary alicyclic amines) is 1. The lowest BCUT2D eigenvalue weighted by Gasteiger charge is -2.30. The Morgan fingerprint density at radius 1 is 1.61 bits per heavy atom. The van der Waals surface area contributed by atoms with Crippen molar-refractivity contribution in [3.05, 3.63) is 28.7 Å². The molecule has 4 nitrogen and oxygen atoms in total. The summed E-state index contributed by atoms with van der Waals surface area (Å²) in [4.78, 5) is 18.2. The van der Waals surface area contributed by atoms with Gasteiger partial charge in [-0.2, -0.15) is 0 Å². The molecule has 0 spiro atoms. The van der Waals surface area contributed by atoms with Gasteiger partial charge in [0.05, 0.1) is 0 Å². The van der Waals surface area contributed by atoms with Crippen LogP contribution in [0.1, 0.15) is 28.3 Å². The maximum absolute atomic E-state index is 12.1. The Kier molecular flexibility index (Phi) is 5.78. The summed E-state index contributed by atoms with van der Waals surface area (Å²) in [5.74, 6) is 0.581. The summed E-state index contributed by atoms with van der Waals surface area (Å²) < 4.78 is 0. The molecule has 100 valence electrons. The first kappa shape index (κ1) is 15.1. The number of halogens is 1. The minimum absolute atomic E-state index is 0. The first-order valence-corrected chi connectivity index (χ1v) is 6.69. The van der Waals surface area contributed by atoms with Crippen LogP contribution in [0.4, 0.5) is 0 Å². The Labute approximate surface area is 117 Å². The zero-order valence-electron chi connectivity index (χ0n) is 10.2. The highest BCUT2D eigenvalue weighted by molar-refractivity contribution is 7.09. The van der Waals surface area contributed by atoms with Gasteiger partial charge in [-0.05, 0) is 18.8 Å². The van der Waals surface area contributed by atoms with Crippen molar-refractivity contribution in [2.24, 2.45) is 11.7 Å². The van der Waals surface area contributed by atoms with Crippen molar-refractivity contribution >= 4 is 29.7 Å². The van der Waals surface area contributed by atoms with Crippen LogP contribution >= 0.6 is 23.7 Å². The third kappa shape index (κ3) is 3.31. The minimum Gasteiger partial charge on any atom is -0.337 e. The van der Waals surface area contributed by atoms with Crippen molar-refractivity contribution in [3.8, 4) is 0 Å². The van der Waals surface area contributed by atoms with Crippen LogP contribution in [0.3, 0.4) is 0 Å². The molecular weight excluding hydrogens is 270 g/mol. The zero-order chi connectivity index (χ0) is 12.3. The van der Waals surface area contributed by atoms with E-state index in [0.717, 1.165) is 30.9 Å². The molecule has 1 amide bonds. The number of piperidine rings is 1. The summed E-state index contributed by atoms with van der Waals surface area (Å²) >= 11 is 1.45. The Hall–Kier alpha value is -0.910. The Bertz CT molecular complexity index is 413. The fourth-order valence-corrected chi connectivity index (χ4v) is 2.65. The number of aromatic nitrogens is 1. The van der Waals surface area contributed by atoms with Gasteiger partial charge in [-0.1, -0.05) is 6.08 Å². The predicted molar refractivity (Wildman–Crippen MR) is 76.1 cm³/mol. The summed E-state index contributed by atoms with van der Waals surface area (Å²) in [5.41, 5.74) is 6.02. The second kappa shape index (κ2) is 6.87. The Balaban J connectivity index is 0.00000162. The second-order valence-electron chi connectivity index (χ2n) is 4.20. The van der Waals surface area contributed by atoms with Crippen molar-refractivity contribution in [1.29, 1.82) is 0 Å². The molecule has 1 aliphatic rings. The molecule has 1 aromatic heterocycles. The number of allylic oxidation sites excluding steroid dienone is 1. The molecule has 1 saturated heterocycles. The van der Waals surface area contributed by atoms with E-state index in [-0.39, 0.29) is 18.3 Å². The Morgan fingerprint density at radius 2 is 2.28 bits per heavy atom. The van der Waals surface area contributed by atoms with Gasteiger partial charge in [-0.15, -0.1) is 30.3 Å². The van der Waals surface area contributed by atoms with Gasteiger partial charge in [0.15, 0.2) is 0 Å². The third-order valence-corrected chi connectivity index (χ3v) is 3.98. The summed E-state index contributed by atoms with van der Waals surface area (Å²) in [6, 6.07) is 0. The van der Waals surface area contributed by atoms with Gasteiger partial charge in [0.2, 0.25) is 0 Å². The van der Waals surface area contributed by atoms with Crippen LogP contribution in [-0.2, 0) is 6.54 Å². The molecule has 1 aliphatic heterocycles. The predicted octanol–water partition coefficient (Wildman–Crippen LogP) is 2.06. The summed E-state index contributed by atoms with van der Waals surface area (Å²) in [5, 5.41) is 2.61. The van der Waals surface area contributed by atoms with Crippen molar-refractivity contribution in [2.75, 3.05) is 13.1 Å². The molecule has 2 rings (SSSR count). The number of hydrogen-bond donors (Lipinski definition) is 1. The SMILES string of the molecule is C=CC1CCN(C(=O)c2csc(CN)n2)CC1.Cl. The second-order valence-corrected chi connectivity index (χ2v) is 5.14. The fraction of sp³-hybridized carbons (Fsp3) is 0.500. The lowest BCUT2D eigenvalue weighted by atomic mass is 9.97. The summed E-state index contributed by atoms with van der Waals surface area (Å²) in [6.45, 7) is 5.79. The first-order chi connectivity index (χ1) is 8.24. The van der Waals surface area contributed by atoms with E-state index in [1.807, 2.05) is 11.0 Å². The number of nitrogens with two attached hydrogens (primary N) is 1. The molecule has 0 aromatic carbocycles. The minimum atomic E-state index is 0. The van der Waals surface area contributed by atoms with E-state index in [1.54, 1.807) is 5.38 Å². The molecule has 2 N–H and O–H groups in total. The van der Waals surface area contributed by atoms with E-state index in [9.17, 15) is 4.79 Å². The first-order valence-electron chi connectivity index (χ1n) is 5.81. The van der Waals surface area contributed by atoms with Gasteiger partial charge in [0.1, 0.15) is 10.7 Å². The van der Waals surface area contributed by atoms with Crippen LogP contribution < -0.4 is 5.73 Å². The van der Waals surface area contributed by atoms with Crippen LogP contribution in [0.5, 0.6) is 0 Å². The molecular formula is C12H18ClN3OS. The summed E-state index contributed by atoms with van der Waals surface area (Å²) in [7, 11) is 0. The van der Waals surface area contributed by atoms with Crippen LogP contribution in [-0.4, -0.2) is 28.9 Å². The zero-order valence-corrected chi connectivity index (χ0v) is 11.8. The number of rotatable bonds is 3. The van der Waals surface area contributed by atoms with Gasteiger partial charge >= 0.3 is 0 Å². The monoisotopic (exact) mass is 287 g/mol. The van der Waals surface area contributed by atoms with Crippen molar-refractivity contribution < 1.29 is 4.79 Å². The lowest BCUT2D eigenvalue weighted by Crippen LogP contribution is -2.38. The van der Waals surface area contributed by atoms with Crippen molar-refractivity contribution in [2.45, 2.75) is 19.4 Å². The van der Waals surface area contributed by atoms with Gasteiger partial charge in [0, 0.05) is 25.0 Å². The fourth-order valence-electron chi connectivity index (χ4n) is 2.00. The molecule has 2 heterocycles. The third-order valence-electron chi connectivity index (χ3n) is 3.11. The smallest absolute Gasteiger partial charge is 0.273 e. The van der Waals surface area contributed by atoms with Gasteiger partial charge < -0.3 is 10.6 Å². The van der Waals surface area contributed by atoms with Crippen molar-refractivity contribution in [3.63, 3.8) is 0 Å². The standard InChI is InChI=1S/C12H17N3OS.ClH/c1-2-9-3-5-15(6-4-9)12(16)10-8-17-11(7-13)14-10;/h2,8-9H,1,3-7,13H2;1H. The van der Waals surface area contributed by atoms with Crippen molar-refractivity contribution in [1.82, 2.24) is 9.88 Å². The van der Waals surface area contributed by atoms with Gasteiger partial charge in [-0.3, -0.25) is 4.79 Å². The van der Waals surface area contributed by atoms with E-state index in [0.29, 0.717) is 18.2 Å². The van der Waals surface area contributed by atoms with E-state index < -0.39 is 0 Å². The molecule has 1 aromatic rings. The topological polar surface area (TPSA) is 59.2 Å². The van der Waals surface area contributed by atoms with E-state index >= 15 is 0 Å². The Morgan fingerprint density at radius 3 is 2.78 bits per heavy atom. The summed E-state index contributed by atoms with van der Waals surface area (Å²) in [6.07, 6.45) is 3.99. The quantitative estimate of drug-likeness (QED) is 0.866. The number of nitrogens with zero attached hydrogens (tertiary/aromatic N) is 2. The molecule has 0 radical (unpaired) electrons. The maximum atomic E-state index is 12.1. The van der Waals surface area contributed by atoms with E-state index in [2.05, 4.69) is 11.6 Å². The molecule has 1 fully saturated rings. The molecule has 18 heavy (non-hydrogen) atoms. The number of carbonyl (C=O) groups is 1. The average Bonchev–Trinajstić information content (AvgIpc) is 2.87. The highest BCUT2D eigenvalue weighted by Crippen LogP contribution is 2.20. The van der Waals surface area contributed by atoms with E-state index in [4.69, 9.17) is 5.73 Å². The normalized spacial score (nSPS) is 16.2. The largest absolute Gasteiger partial charge is 0.337 e. The molecule has 0 bridgehead atoms.